The minimum absolute atomic E-state index is 0.850. The van der Waals surface area contributed by atoms with E-state index in [0.717, 1.165) is 5.92 Å². The monoisotopic (exact) mass is 200 g/mol. The molecule has 0 N–H and O–H groups in total. The Hall–Kier alpha value is -1.15. The van der Waals surface area contributed by atoms with Gasteiger partial charge in [0.2, 0.25) is 0 Å². The lowest BCUT2D eigenvalue weighted by atomic mass is 9.83. The lowest BCUT2D eigenvalue weighted by Gasteiger charge is -2.41. The van der Waals surface area contributed by atoms with Crippen molar-refractivity contribution in [3.05, 3.63) is 35.7 Å². The highest BCUT2D eigenvalue weighted by Gasteiger charge is 2.28. The topological polar surface area (TPSA) is 16.1 Å². The van der Waals surface area contributed by atoms with E-state index in [1.807, 2.05) is 12.4 Å². The summed E-state index contributed by atoms with van der Waals surface area (Å²) in [4.78, 5) is 6.61. The van der Waals surface area contributed by atoms with Gasteiger partial charge in [0.05, 0.1) is 0 Å². The van der Waals surface area contributed by atoms with Crippen molar-refractivity contribution in [1.82, 2.24) is 9.88 Å². The summed E-state index contributed by atoms with van der Waals surface area (Å²) in [5.74, 6) is 0.850. The molecule has 3 fully saturated rings. The first-order valence-corrected chi connectivity index (χ1v) is 5.75. The highest BCUT2D eigenvalue weighted by Crippen LogP contribution is 2.32. The van der Waals surface area contributed by atoms with Crippen LogP contribution in [0.4, 0.5) is 0 Å². The molecule has 0 radical (unpaired) electrons. The van der Waals surface area contributed by atoms with E-state index in [1.165, 1.54) is 38.0 Å². The van der Waals surface area contributed by atoms with E-state index in [-0.39, 0.29) is 0 Å². The van der Waals surface area contributed by atoms with E-state index in [9.17, 15) is 0 Å². The fraction of sp³-hybridized carbons (Fsp3) is 0.462. The number of rotatable bonds is 1. The Morgan fingerprint density at radius 2 is 1.93 bits per heavy atom. The fourth-order valence-electron chi connectivity index (χ4n) is 2.69. The summed E-state index contributed by atoms with van der Waals surface area (Å²) in [7, 11) is 0. The Bertz CT molecular complexity index is 361. The standard InChI is InChI=1S/C13H16N2/c1-5-14-6-2-11(1)9-13-10-15-7-3-12(13)4-8-15/h1-2,5-6,9,12H,3-4,7-8,10H2. The maximum absolute atomic E-state index is 4.05. The molecule has 0 atom stereocenters. The minimum atomic E-state index is 0.850. The summed E-state index contributed by atoms with van der Waals surface area (Å²) in [5.41, 5.74) is 2.92. The van der Waals surface area contributed by atoms with Crippen LogP contribution < -0.4 is 0 Å². The molecule has 0 spiro atoms. The predicted octanol–water partition coefficient (Wildman–Crippen LogP) is 2.19. The Labute approximate surface area is 90.6 Å². The Balaban J connectivity index is 1.85. The van der Waals surface area contributed by atoms with Crippen molar-refractivity contribution in [2.45, 2.75) is 12.8 Å². The van der Waals surface area contributed by atoms with Crippen molar-refractivity contribution in [2.24, 2.45) is 5.92 Å². The second-order valence-electron chi connectivity index (χ2n) is 4.55. The number of hydrogen-bond donors (Lipinski definition) is 0. The van der Waals surface area contributed by atoms with Gasteiger partial charge in [-0.3, -0.25) is 9.88 Å². The van der Waals surface area contributed by atoms with E-state index >= 15 is 0 Å². The van der Waals surface area contributed by atoms with Gasteiger partial charge in [-0.2, -0.15) is 0 Å². The lowest BCUT2D eigenvalue weighted by Crippen LogP contribution is -2.42. The molecular weight excluding hydrogens is 184 g/mol. The van der Waals surface area contributed by atoms with Crippen molar-refractivity contribution in [2.75, 3.05) is 19.6 Å². The molecule has 2 nitrogen and oxygen atoms in total. The first kappa shape index (κ1) is 9.10. The molecule has 2 heteroatoms. The average molecular weight is 200 g/mol. The second kappa shape index (κ2) is 3.78. The van der Waals surface area contributed by atoms with Gasteiger partial charge in [-0.1, -0.05) is 11.6 Å². The fourth-order valence-corrected chi connectivity index (χ4v) is 2.69. The zero-order valence-electron chi connectivity index (χ0n) is 8.89. The van der Waals surface area contributed by atoms with Crippen LogP contribution in [-0.4, -0.2) is 29.5 Å². The summed E-state index contributed by atoms with van der Waals surface area (Å²) in [6.45, 7) is 3.80. The van der Waals surface area contributed by atoms with Gasteiger partial charge < -0.3 is 0 Å². The van der Waals surface area contributed by atoms with Crippen molar-refractivity contribution < 1.29 is 0 Å². The van der Waals surface area contributed by atoms with Crippen molar-refractivity contribution >= 4 is 6.08 Å². The Kier molecular flexibility index (Phi) is 2.29. The number of nitrogens with zero attached hydrogens (tertiary/aromatic N) is 2. The molecular formula is C13H16N2. The van der Waals surface area contributed by atoms with Gasteiger partial charge >= 0.3 is 0 Å². The third-order valence-electron chi connectivity index (χ3n) is 3.58. The summed E-state index contributed by atoms with van der Waals surface area (Å²) in [5, 5.41) is 0. The molecule has 78 valence electrons. The van der Waals surface area contributed by atoms with Crippen LogP contribution in [0.3, 0.4) is 0 Å². The van der Waals surface area contributed by atoms with E-state index in [0.29, 0.717) is 0 Å². The lowest BCUT2D eigenvalue weighted by molar-refractivity contribution is 0.163. The van der Waals surface area contributed by atoms with Crippen LogP contribution in [0.5, 0.6) is 0 Å². The smallest absolute Gasteiger partial charge is 0.0273 e. The summed E-state index contributed by atoms with van der Waals surface area (Å²) >= 11 is 0. The number of pyridine rings is 1. The zero-order valence-corrected chi connectivity index (χ0v) is 8.89. The highest BCUT2D eigenvalue weighted by atomic mass is 15.1. The molecule has 0 aromatic carbocycles. The quantitative estimate of drug-likeness (QED) is 0.691. The Morgan fingerprint density at radius 1 is 1.20 bits per heavy atom. The van der Waals surface area contributed by atoms with Crippen LogP contribution in [0.15, 0.2) is 30.1 Å². The molecule has 4 rings (SSSR count). The molecule has 0 aliphatic carbocycles. The van der Waals surface area contributed by atoms with Crippen LogP contribution in [0.1, 0.15) is 18.4 Å². The maximum atomic E-state index is 4.05. The maximum Gasteiger partial charge on any atom is 0.0273 e. The van der Waals surface area contributed by atoms with Crippen LogP contribution in [0.2, 0.25) is 0 Å². The summed E-state index contributed by atoms with van der Waals surface area (Å²) in [6, 6.07) is 4.18. The van der Waals surface area contributed by atoms with Gasteiger partial charge in [-0.15, -0.1) is 0 Å². The number of aromatic nitrogens is 1. The van der Waals surface area contributed by atoms with E-state index < -0.39 is 0 Å². The van der Waals surface area contributed by atoms with Crippen LogP contribution in [0, 0.1) is 5.92 Å². The van der Waals surface area contributed by atoms with Gasteiger partial charge in [0.15, 0.2) is 0 Å². The minimum Gasteiger partial charge on any atom is -0.299 e. The molecule has 1 aromatic heterocycles. The van der Waals surface area contributed by atoms with E-state index in [1.54, 1.807) is 5.57 Å². The van der Waals surface area contributed by atoms with Crippen molar-refractivity contribution in [3.8, 4) is 0 Å². The summed E-state index contributed by atoms with van der Waals surface area (Å²) in [6.07, 6.45) is 8.81. The van der Waals surface area contributed by atoms with Crippen molar-refractivity contribution in [1.29, 1.82) is 0 Å². The number of fused-ring (bicyclic) bond motifs is 3. The number of piperidine rings is 3. The first-order chi connectivity index (χ1) is 7.42. The first-order valence-electron chi connectivity index (χ1n) is 5.75. The molecule has 3 aliphatic heterocycles. The summed E-state index contributed by atoms with van der Waals surface area (Å²) < 4.78 is 0. The van der Waals surface area contributed by atoms with E-state index in [4.69, 9.17) is 0 Å². The molecule has 0 amide bonds. The molecule has 2 bridgehead atoms. The zero-order chi connectivity index (χ0) is 10.1. The van der Waals surface area contributed by atoms with Crippen LogP contribution in [0.25, 0.3) is 6.08 Å². The van der Waals surface area contributed by atoms with Gasteiger partial charge in [-0.25, -0.2) is 0 Å². The molecule has 0 unspecified atom stereocenters. The molecule has 3 saturated heterocycles. The van der Waals surface area contributed by atoms with Gasteiger partial charge in [0, 0.05) is 18.9 Å². The van der Waals surface area contributed by atoms with Gasteiger partial charge in [0.25, 0.3) is 0 Å². The Morgan fingerprint density at radius 3 is 2.53 bits per heavy atom. The molecule has 15 heavy (non-hydrogen) atoms. The van der Waals surface area contributed by atoms with Crippen LogP contribution >= 0.6 is 0 Å². The van der Waals surface area contributed by atoms with E-state index in [2.05, 4.69) is 28.1 Å². The van der Waals surface area contributed by atoms with Gasteiger partial charge in [0.1, 0.15) is 0 Å². The predicted molar refractivity (Wildman–Crippen MR) is 61.4 cm³/mol. The third kappa shape index (κ3) is 1.82. The second-order valence-corrected chi connectivity index (χ2v) is 4.55. The number of hydrogen-bond acceptors (Lipinski definition) is 2. The largest absolute Gasteiger partial charge is 0.299 e. The molecule has 0 saturated carbocycles. The van der Waals surface area contributed by atoms with Crippen molar-refractivity contribution in [3.63, 3.8) is 0 Å². The normalized spacial score (nSPS) is 32.1. The SMILES string of the molecule is C(=C1CN2CCC1CC2)c1ccncc1. The molecule has 4 heterocycles. The highest BCUT2D eigenvalue weighted by molar-refractivity contribution is 5.53. The average Bonchev–Trinajstić information content (AvgIpc) is 2.32. The van der Waals surface area contributed by atoms with Crippen LogP contribution in [-0.2, 0) is 0 Å². The van der Waals surface area contributed by atoms with Gasteiger partial charge in [-0.05, 0) is 49.5 Å². The molecule has 1 aromatic rings. The molecule has 3 aliphatic rings. The third-order valence-corrected chi connectivity index (χ3v) is 3.58.